The van der Waals surface area contributed by atoms with Crippen LogP contribution in [-0.2, 0) is 25.9 Å². The fraction of sp³-hybridized carbons (Fsp3) is 0.389. The first kappa shape index (κ1) is 37.4. The van der Waals surface area contributed by atoms with Crippen LogP contribution < -0.4 is 9.47 Å². The van der Waals surface area contributed by atoms with Crippen molar-refractivity contribution in [2.75, 3.05) is 27.4 Å². The number of ether oxygens (including phenoxy) is 3. The average Bonchev–Trinajstić information content (AvgIpc) is 3.58. The van der Waals surface area contributed by atoms with Crippen molar-refractivity contribution in [3.8, 4) is 17.6 Å². The van der Waals surface area contributed by atoms with Gasteiger partial charge in [0.1, 0.15) is 29.4 Å². The minimum Gasteiger partial charge on any atom is -0.497 e. The summed E-state index contributed by atoms with van der Waals surface area (Å²) in [6.45, 7) is 8.66. The van der Waals surface area contributed by atoms with Crippen molar-refractivity contribution in [3.63, 3.8) is 0 Å². The van der Waals surface area contributed by atoms with E-state index in [0.717, 1.165) is 16.7 Å². The Morgan fingerprint density at radius 2 is 1.47 bits per heavy atom. The second kappa shape index (κ2) is 17.9. The molecule has 1 aromatic heterocycles. The Labute approximate surface area is 289 Å². The molecule has 0 saturated carbocycles. The van der Waals surface area contributed by atoms with Crippen molar-refractivity contribution < 1.29 is 28.2 Å². The van der Waals surface area contributed by atoms with E-state index >= 15 is 0 Å². The van der Waals surface area contributed by atoms with Crippen LogP contribution in [0, 0.1) is 21.4 Å². The van der Waals surface area contributed by atoms with Gasteiger partial charge in [0, 0.05) is 12.1 Å². The second-order valence-corrected chi connectivity index (χ2v) is 13.2. The van der Waals surface area contributed by atoms with Crippen molar-refractivity contribution in [2.45, 2.75) is 64.4 Å². The summed E-state index contributed by atoms with van der Waals surface area (Å²) in [5.74, 6) is 1.13. The molecule has 0 saturated heterocycles. The Morgan fingerprint density at radius 1 is 0.918 bits per heavy atom. The third-order valence-corrected chi connectivity index (χ3v) is 9.96. The van der Waals surface area contributed by atoms with Crippen LogP contribution in [0.25, 0.3) is 0 Å². The number of hydrogen-bond acceptors (Lipinski definition) is 10. The Hall–Kier alpha value is -4.37. The van der Waals surface area contributed by atoms with E-state index in [4.69, 9.17) is 23.3 Å². The number of hydrogen-bond donors (Lipinski definition) is 0. The van der Waals surface area contributed by atoms with E-state index in [0.29, 0.717) is 11.5 Å². The lowest BCUT2D eigenvalue weighted by molar-refractivity contribution is -0.389. The molecule has 12 nitrogen and oxygen atoms in total. The molecule has 1 heterocycles. The maximum atomic E-state index is 11.5. The molecule has 4 aromatic rings. The van der Waals surface area contributed by atoms with Crippen LogP contribution in [0.4, 0.5) is 5.82 Å². The summed E-state index contributed by atoms with van der Waals surface area (Å²) in [5, 5.41) is 20.7. The van der Waals surface area contributed by atoms with Crippen molar-refractivity contribution in [3.05, 3.63) is 118 Å². The Morgan fingerprint density at radius 3 is 1.94 bits per heavy atom. The normalized spacial score (nSPS) is 13.0. The lowest BCUT2D eigenvalue weighted by atomic mass is 9.80. The van der Waals surface area contributed by atoms with E-state index in [9.17, 15) is 15.4 Å². The fourth-order valence-corrected chi connectivity index (χ4v) is 7.30. The van der Waals surface area contributed by atoms with Gasteiger partial charge in [-0.1, -0.05) is 54.6 Å². The molecule has 0 radical (unpaired) electrons. The molecule has 1 unspecified atom stereocenters. The van der Waals surface area contributed by atoms with Crippen molar-refractivity contribution >= 4 is 14.3 Å². The third-order valence-electron chi connectivity index (χ3n) is 7.78. The number of imidazole rings is 1. The molecular formula is C36H44N5O7P. The van der Waals surface area contributed by atoms with Crippen LogP contribution in [0.15, 0.2) is 91.4 Å². The van der Waals surface area contributed by atoms with Gasteiger partial charge in [0.25, 0.3) is 8.53 Å². The van der Waals surface area contributed by atoms with Crippen LogP contribution in [0.2, 0.25) is 0 Å². The van der Waals surface area contributed by atoms with E-state index < -0.39 is 25.2 Å². The lowest BCUT2D eigenvalue weighted by Gasteiger charge is -2.39. The molecule has 49 heavy (non-hydrogen) atoms. The summed E-state index contributed by atoms with van der Waals surface area (Å²) in [4.78, 5) is 14.9. The first-order valence-electron chi connectivity index (χ1n) is 16.0. The zero-order chi connectivity index (χ0) is 35.4. The molecule has 0 aliphatic carbocycles. The SMILES string of the molecule is COc1ccc(C(OC[C@@H](Cn2cnc([N+](=O)[O-])c2)OP(OCCC#N)N(C(C)C)C(C)C)(c2ccccc2)c2ccc(OC)cc2)cc1. The quantitative estimate of drug-likeness (QED) is 0.0321. The van der Waals surface area contributed by atoms with Gasteiger partial charge < -0.3 is 37.9 Å². The van der Waals surface area contributed by atoms with Gasteiger partial charge in [0.05, 0.1) is 46.5 Å². The van der Waals surface area contributed by atoms with Gasteiger partial charge in [-0.05, 0) is 78.6 Å². The van der Waals surface area contributed by atoms with Crippen LogP contribution >= 0.6 is 8.53 Å². The molecular weight excluding hydrogens is 645 g/mol. The monoisotopic (exact) mass is 689 g/mol. The maximum Gasteiger partial charge on any atom is 0.381 e. The number of benzene rings is 3. The fourth-order valence-electron chi connectivity index (χ4n) is 5.61. The van der Waals surface area contributed by atoms with E-state index in [1.165, 1.54) is 12.5 Å². The Kier molecular flexibility index (Phi) is 13.6. The molecule has 0 N–H and O–H groups in total. The summed E-state index contributed by atoms with van der Waals surface area (Å²) in [5.41, 5.74) is 1.45. The summed E-state index contributed by atoms with van der Waals surface area (Å²) in [6, 6.07) is 27.6. The Bertz CT molecular complexity index is 1590. The van der Waals surface area contributed by atoms with Crippen LogP contribution in [-0.4, -0.2) is 64.8 Å². The van der Waals surface area contributed by atoms with Crippen LogP contribution in [0.1, 0.15) is 50.8 Å². The second-order valence-electron chi connectivity index (χ2n) is 11.8. The van der Waals surface area contributed by atoms with Gasteiger partial charge in [-0.2, -0.15) is 5.26 Å². The van der Waals surface area contributed by atoms with E-state index in [2.05, 4.69) is 43.4 Å². The molecule has 0 amide bonds. The molecule has 0 fully saturated rings. The molecule has 0 aliphatic rings. The van der Waals surface area contributed by atoms with Crippen LogP contribution in [0.5, 0.6) is 11.5 Å². The third kappa shape index (κ3) is 9.41. The minimum absolute atomic E-state index is 0.0450. The van der Waals surface area contributed by atoms with Crippen molar-refractivity contribution in [1.29, 1.82) is 5.26 Å². The van der Waals surface area contributed by atoms with Crippen molar-refractivity contribution in [2.24, 2.45) is 0 Å². The number of nitriles is 1. The van der Waals surface area contributed by atoms with Crippen molar-refractivity contribution in [1.82, 2.24) is 14.2 Å². The minimum atomic E-state index is -1.68. The molecule has 260 valence electrons. The summed E-state index contributed by atoms with van der Waals surface area (Å²) in [7, 11) is 1.57. The van der Waals surface area contributed by atoms with Gasteiger partial charge in [-0.15, -0.1) is 0 Å². The van der Waals surface area contributed by atoms with E-state index in [-0.39, 0.29) is 44.1 Å². The summed E-state index contributed by atoms with van der Waals surface area (Å²) in [6.07, 6.45) is 2.32. The van der Waals surface area contributed by atoms with Gasteiger partial charge in [-0.25, -0.2) is 4.67 Å². The number of nitro groups is 1. The largest absolute Gasteiger partial charge is 0.497 e. The zero-order valence-electron chi connectivity index (χ0n) is 28.8. The highest BCUT2D eigenvalue weighted by Crippen LogP contribution is 2.48. The van der Waals surface area contributed by atoms with Gasteiger partial charge in [-0.3, -0.25) is 0 Å². The molecule has 2 atom stereocenters. The molecule has 3 aromatic carbocycles. The maximum absolute atomic E-state index is 11.5. The number of nitrogens with zero attached hydrogens (tertiary/aromatic N) is 5. The summed E-state index contributed by atoms with van der Waals surface area (Å²) < 4.78 is 34.9. The van der Waals surface area contributed by atoms with Gasteiger partial charge in [0.15, 0.2) is 0 Å². The van der Waals surface area contributed by atoms with E-state index in [1.807, 2.05) is 78.9 Å². The summed E-state index contributed by atoms with van der Waals surface area (Å²) >= 11 is 0. The highest BCUT2D eigenvalue weighted by Gasteiger charge is 2.40. The first-order valence-corrected chi connectivity index (χ1v) is 17.2. The van der Waals surface area contributed by atoms with Crippen LogP contribution in [0.3, 0.4) is 0 Å². The molecule has 4 rings (SSSR count). The molecule has 0 spiro atoms. The number of aromatic nitrogens is 2. The lowest BCUT2D eigenvalue weighted by Crippen LogP contribution is -2.39. The zero-order valence-corrected chi connectivity index (χ0v) is 29.7. The molecule has 0 aliphatic heterocycles. The molecule has 0 bridgehead atoms. The highest BCUT2D eigenvalue weighted by atomic mass is 31.2. The number of methoxy groups -OCH3 is 2. The predicted molar refractivity (Wildman–Crippen MR) is 187 cm³/mol. The number of rotatable bonds is 19. The Balaban J connectivity index is 1.83. The van der Waals surface area contributed by atoms with E-state index in [1.54, 1.807) is 18.8 Å². The predicted octanol–water partition coefficient (Wildman–Crippen LogP) is 7.48. The first-order chi connectivity index (χ1) is 23.6. The van der Waals surface area contributed by atoms with Gasteiger partial charge >= 0.3 is 5.82 Å². The highest BCUT2D eigenvalue weighted by molar-refractivity contribution is 7.44. The molecule has 13 heteroatoms. The topological polar surface area (TPSA) is 134 Å². The standard InChI is InChI=1S/C36H44N5O7P/c1-27(2)40(28(3)4)49(47-22-10-21-37)48-34(23-39-24-35(38-26-39)41(42)43)25-46-36(29-11-8-7-9-12-29,30-13-17-32(44-5)18-14-30)31-15-19-33(45-6)20-16-31/h7-9,11-20,24,26-28,34H,10,22-23,25H2,1-6H3/t34-,49?/m1/s1. The van der Waals surface area contributed by atoms with Gasteiger partial charge in [0.2, 0.25) is 6.33 Å². The smallest absolute Gasteiger partial charge is 0.381 e. The average molecular weight is 690 g/mol.